The molecule has 1 aliphatic heterocycles. The Morgan fingerprint density at radius 1 is 1.03 bits per heavy atom. The Balaban J connectivity index is 1.32. The maximum Gasteiger partial charge on any atom is 0.254 e. The standard InChI is InChI=1S/C24H19Br2ClN2O3/c25-17-9-13(10-18(26)22(17)32-12-16-3-1-2-4-19(16)27)11-28-29-23(30)20-14-5-6-15(8-7-14)21(20)24(29)31/h1-6,9-11,14-15,20-21H,7-8,12H2/b28-11-/t14-,15-,20+,21+/m0/s1. The van der Waals surface area contributed by atoms with Gasteiger partial charge in [-0.2, -0.15) is 10.1 Å². The number of imide groups is 1. The molecule has 0 unspecified atom stereocenters. The van der Waals surface area contributed by atoms with Crippen LogP contribution in [0.4, 0.5) is 0 Å². The summed E-state index contributed by atoms with van der Waals surface area (Å²) >= 11 is 13.3. The van der Waals surface area contributed by atoms with Gasteiger partial charge in [0.1, 0.15) is 12.4 Å². The van der Waals surface area contributed by atoms with Crippen LogP contribution in [0.3, 0.4) is 0 Å². The summed E-state index contributed by atoms with van der Waals surface area (Å²) in [6.07, 6.45) is 7.67. The maximum atomic E-state index is 12.9. The predicted octanol–water partition coefficient (Wildman–Crippen LogP) is 5.98. The smallest absolute Gasteiger partial charge is 0.254 e. The number of rotatable bonds is 5. The van der Waals surface area contributed by atoms with E-state index in [4.69, 9.17) is 16.3 Å². The molecule has 2 fully saturated rings. The van der Waals surface area contributed by atoms with Gasteiger partial charge in [0.05, 0.1) is 27.0 Å². The van der Waals surface area contributed by atoms with E-state index in [1.807, 2.05) is 36.4 Å². The highest BCUT2D eigenvalue weighted by Gasteiger charge is 2.56. The molecule has 1 saturated heterocycles. The highest BCUT2D eigenvalue weighted by molar-refractivity contribution is 9.11. The molecule has 0 aromatic heterocycles. The van der Waals surface area contributed by atoms with Gasteiger partial charge in [0.15, 0.2) is 0 Å². The molecule has 2 aromatic rings. The van der Waals surface area contributed by atoms with E-state index >= 15 is 0 Å². The predicted molar refractivity (Wildman–Crippen MR) is 129 cm³/mol. The third-order valence-electron chi connectivity index (χ3n) is 6.41. The topological polar surface area (TPSA) is 59.0 Å². The van der Waals surface area contributed by atoms with E-state index in [1.54, 1.807) is 0 Å². The number of halogens is 3. The van der Waals surface area contributed by atoms with Gasteiger partial charge in [-0.05, 0) is 80.3 Å². The molecule has 32 heavy (non-hydrogen) atoms. The lowest BCUT2D eigenvalue weighted by Gasteiger charge is -2.37. The van der Waals surface area contributed by atoms with Crippen LogP contribution in [0.5, 0.6) is 5.75 Å². The normalized spacial score (nSPS) is 26.3. The molecule has 5 nitrogen and oxygen atoms in total. The van der Waals surface area contributed by atoms with E-state index in [0.717, 1.165) is 37.9 Å². The summed E-state index contributed by atoms with van der Waals surface area (Å²) in [4.78, 5) is 25.8. The molecule has 0 spiro atoms. The van der Waals surface area contributed by atoms with Crippen LogP contribution in [-0.4, -0.2) is 23.0 Å². The van der Waals surface area contributed by atoms with Gasteiger partial charge >= 0.3 is 0 Å². The summed E-state index contributed by atoms with van der Waals surface area (Å²) in [5, 5.41) is 5.99. The zero-order valence-electron chi connectivity index (χ0n) is 16.9. The molecule has 4 aliphatic rings. The van der Waals surface area contributed by atoms with Crippen molar-refractivity contribution in [3.05, 3.63) is 73.6 Å². The third kappa shape index (κ3) is 3.84. The summed E-state index contributed by atoms with van der Waals surface area (Å²) < 4.78 is 7.38. The van der Waals surface area contributed by atoms with Crippen molar-refractivity contribution in [3.63, 3.8) is 0 Å². The fraction of sp³-hybridized carbons (Fsp3) is 0.292. The summed E-state index contributed by atoms with van der Waals surface area (Å²) in [5.74, 6) is 0.0363. The number of hydrazone groups is 1. The Morgan fingerprint density at radius 3 is 2.19 bits per heavy atom. The van der Waals surface area contributed by atoms with E-state index in [1.165, 1.54) is 6.21 Å². The summed E-state index contributed by atoms with van der Waals surface area (Å²) in [7, 11) is 0. The second kappa shape index (κ2) is 8.76. The Morgan fingerprint density at radius 2 is 1.62 bits per heavy atom. The number of hydrogen-bond donors (Lipinski definition) is 0. The van der Waals surface area contributed by atoms with Gasteiger partial charge in [-0.3, -0.25) is 9.59 Å². The lowest BCUT2D eigenvalue weighted by Crippen LogP contribution is -2.38. The van der Waals surface area contributed by atoms with Crippen LogP contribution < -0.4 is 4.74 Å². The van der Waals surface area contributed by atoms with E-state index in [2.05, 4.69) is 49.1 Å². The zero-order valence-corrected chi connectivity index (χ0v) is 20.8. The van der Waals surface area contributed by atoms with Gasteiger partial charge in [0.2, 0.25) is 0 Å². The fourth-order valence-electron chi connectivity index (χ4n) is 4.85. The first kappa shape index (κ1) is 21.9. The van der Waals surface area contributed by atoms with Crippen molar-refractivity contribution in [2.75, 3.05) is 0 Å². The lowest BCUT2D eigenvalue weighted by molar-refractivity contribution is -0.140. The quantitative estimate of drug-likeness (QED) is 0.249. The Bertz CT molecular complexity index is 1110. The first-order chi connectivity index (χ1) is 15.4. The highest BCUT2D eigenvalue weighted by Crippen LogP contribution is 2.49. The maximum absolute atomic E-state index is 12.9. The van der Waals surface area contributed by atoms with Crippen LogP contribution in [0.25, 0.3) is 0 Å². The van der Waals surface area contributed by atoms with Crippen molar-refractivity contribution in [3.8, 4) is 5.75 Å². The van der Waals surface area contributed by atoms with E-state index in [-0.39, 0.29) is 35.5 Å². The Kier molecular flexibility index (Phi) is 5.99. The zero-order chi connectivity index (χ0) is 22.4. The first-order valence-corrected chi connectivity index (χ1v) is 12.4. The molecule has 8 heteroatoms. The summed E-state index contributed by atoms with van der Waals surface area (Å²) in [5.41, 5.74) is 1.61. The van der Waals surface area contributed by atoms with E-state index < -0.39 is 0 Å². The molecule has 2 bridgehead atoms. The van der Waals surface area contributed by atoms with E-state index in [9.17, 15) is 9.59 Å². The number of amides is 2. The highest BCUT2D eigenvalue weighted by atomic mass is 79.9. The number of nitrogens with zero attached hydrogens (tertiary/aromatic N) is 2. The van der Waals surface area contributed by atoms with Crippen LogP contribution in [0, 0.1) is 23.7 Å². The Labute approximate surface area is 207 Å². The van der Waals surface area contributed by atoms with Crippen molar-refractivity contribution in [2.45, 2.75) is 19.4 Å². The molecule has 6 rings (SSSR count). The molecular weight excluding hydrogens is 560 g/mol. The molecule has 3 aliphatic carbocycles. The van der Waals surface area contributed by atoms with Gasteiger partial charge in [-0.1, -0.05) is 42.0 Å². The summed E-state index contributed by atoms with van der Waals surface area (Å²) in [6, 6.07) is 11.2. The molecule has 4 atom stereocenters. The number of allylic oxidation sites excluding steroid dienone is 2. The first-order valence-electron chi connectivity index (χ1n) is 10.4. The number of fused-ring (bicyclic) bond motifs is 1. The van der Waals surface area contributed by atoms with Crippen molar-refractivity contribution < 1.29 is 14.3 Å². The minimum atomic E-state index is -0.262. The number of carbonyl (C=O) groups is 2. The van der Waals surface area contributed by atoms with Gasteiger partial charge < -0.3 is 4.74 Å². The minimum Gasteiger partial charge on any atom is -0.486 e. The van der Waals surface area contributed by atoms with Crippen LogP contribution >= 0.6 is 43.5 Å². The number of carbonyl (C=O) groups excluding carboxylic acids is 2. The van der Waals surface area contributed by atoms with Crippen LogP contribution in [-0.2, 0) is 16.2 Å². The average Bonchev–Trinajstić information content (AvgIpc) is 3.05. The molecule has 164 valence electrons. The summed E-state index contributed by atoms with van der Waals surface area (Å²) in [6.45, 7) is 0.320. The number of ether oxygens (including phenoxy) is 1. The van der Waals surface area contributed by atoms with Crippen molar-refractivity contribution in [2.24, 2.45) is 28.8 Å². The fourth-order valence-corrected chi connectivity index (χ4v) is 6.50. The number of benzene rings is 2. The van der Waals surface area contributed by atoms with Crippen LogP contribution in [0.1, 0.15) is 24.0 Å². The van der Waals surface area contributed by atoms with Crippen LogP contribution in [0.2, 0.25) is 5.02 Å². The average molecular weight is 579 g/mol. The second-order valence-electron chi connectivity index (χ2n) is 8.27. The molecular formula is C24H19Br2ClN2O3. The largest absolute Gasteiger partial charge is 0.486 e. The number of hydrogen-bond acceptors (Lipinski definition) is 4. The molecule has 0 radical (unpaired) electrons. The van der Waals surface area contributed by atoms with Crippen LogP contribution in [0.15, 0.2) is 62.6 Å². The monoisotopic (exact) mass is 576 g/mol. The molecule has 1 saturated carbocycles. The molecule has 2 aromatic carbocycles. The van der Waals surface area contributed by atoms with Gasteiger partial charge in [-0.25, -0.2) is 0 Å². The van der Waals surface area contributed by atoms with Crippen molar-refractivity contribution >= 4 is 61.5 Å². The molecule has 0 N–H and O–H groups in total. The second-order valence-corrected chi connectivity index (χ2v) is 10.4. The van der Waals surface area contributed by atoms with Gasteiger partial charge in [0.25, 0.3) is 11.8 Å². The van der Waals surface area contributed by atoms with E-state index in [0.29, 0.717) is 17.4 Å². The van der Waals surface area contributed by atoms with Gasteiger partial charge in [-0.15, -0.1) is 0 Å². The third-order valence-corrected chi connectivity index (χ3v) is 7.96. The Hall–Kier alpha value is -1.96. The van der Waals surface area contributed by atoms with Crippen molar-refractivity contribution in [1.29, 1.82) is 0 Å². The van der Waals surface area contributed by atoms with Crippen molar-refractivity contribution in [1.82, 2.24) is 5.01 Å². The lowest BCUT2D eigenvalue weighted by atomic mass is 9.63. The molecule has 2 amide bonds. The SMILES string of the molecule is O=C1[C@H]2[C@H](C(=O)N1/N=C\c1cc(Br)c(OCc3ccccc3Cl)c(Br)c1)[C@H]1C=C[C@H]2CC1. The van der Waals surface area contributed by atoms with Gasteiger partial charge in [0, 0.05) is 10.6 Å². The minimum absolute atomic E-state index is 0.152. The molecule has 1 heterocycles.